The Kier molecular flexibility index (Phi) is 5.28. The van der Waals surface area contributed by atoms with Gasteiger partial charge in [0.05, 0.1) is 19.9 Å². The van der Waals surface area contributed by atoms with E-state index in [9.17, 15) is 4.79 Å². The van der Waals surface area contributed by atoms with Gasteiger partial charge in [0.2, 0.25) is 0 Å². The summed E-state index contributed by atoms with van der Waals surface area (Å²) in [7, 11) is 3.13. The van der Waals surface area contributed by atoms with Crippen molar-refractivity contribution in [2.45, 2.75) is 12.8 Å². The molecule has 0 unspecified atom stereocenters. The average molecular weight is 341 g/mol. The van der Waals surface area contributed by atoms with Crippen LogP contribution >= 0.6 is 0 Å². The summed E-state index contributed by atoms with van der Waals surface area (Å²) in [5.74, 6) is 1.21. The fourth-order valence-electron chi connectivity index (χ4n) is 2.92. The molecule has 1 saturated heterocycles. The highest BCUT2D eigenvalue weighted by Gasteiger charge is 2.12. The molecular formula is C19H23N3O3. The number of nitrogens with one attached hydrogen (secondary N) is 2. The lowest BCUT2D eigenvalue weighted by molar-refractivity contribution is 0.262. The van der Waals surface area contributed by atoms with Crippen LogP contribution in [0.1, 0.15) is 12.8 Å². The zero-order valence-electron chi connectivity index (χ0n) is 14.5. The monoisotopic (exact) mass is 341 g/mol. The molecule has 1 fully saturated rings. The number of carbonyl (C=O) groups excluding carboxylic acids is 1. The minimum Gasteiger partial charge on any atom is -0.497 e. The number of ether oxygens (including phenoxy) is 2. The Morgan fingerprint density at radius 3 is 2.32 bits per heavy atom. The van der Waals surface area contributed by atoms with Gasteiger partial charge >= 0.3 is 6.03 Å². The van der Waals surface area contributed by atoms with Crippen molar-refractivity contribution in [3.8, 4) is 11.5 Å². The Morgan fingerprint density at radius 1 is 0.960 bits per heavy atom. The van der Waals surface area contributed by atoms with E-state index in [4.69, 9.17) is 9.47 Å². The number of amides is 2. The summed E-state index contributed by atoms with van der Waals surface area (Å²) in [4.78, 5) is 14.6. The van der Waals surface area contributed by atoms with Gasteiger partial charge in [-0.05, 0) is 49.2 Å². The number of carbonyl (C=O) groups is 1. The van der Waals surface area contributed by atoms with Crippen molar-refractivity contribution in [2.24, 2.45) is 0 Å². The molecular weight excluding hydrogens is 318 g/mol. The van der Waals surface area contributed by atoms with Gasteiger partial charge in [0, 0.05) is 30.5 Å². The third-order valence-electron chi connectivity index (χ3n) is 4.25. The third kappa shape index (κ3) is 4.15. The highest BCUT2D eigenvalue weighted by atomic mass is 16.5. The molecule has 2 aromatic carbocycles. The molecule has 0 aromatic heterocycles. The number of nitrogens with zero attached hydrogens (tertiary/aromatic N) is 1. The Bertz CT molecular complexity index is 725. The zero-order chi connectivity index (χ0) is 17.6. The fraction of sp³-hybridized carbons (Fsp3) is 0.316. The molecule has 2 amide bonds. The molecule has 2 aromatic rings. The molecule has 2 N–H and O–H groups in total. The lowest BCUT2D eigenvalue weighted by Crippen LogP contribution is -2.20. The largest absolute Gasteiger partial charge is 0.497 e. The van der Waals surface area contributed by atoms with Crippen LogP contribution in [0.2, 0.25) is 0 Å². The molecule has 6 heteroatoms. The Morgan fingerprint density at radius 2 is 1.68 bits per heavy atom. The SMILES string of the molecule is COc1ccc(NC(=O)Nc2ccc(N3CCCC3)cc2)c(OC)c1. The summed E-state index contributed by atoms with van der Waals surface area (Å²) in [5, 5.41) is 5.62. The van der Waals surface area contributed by atoms with Crippen LogP contribution in [-0.2, 0) is 0 Å². The predicted molar refractivity (Wildman–Crippen MR) is 100 cm³/mol. The molecule has 1 aliphatic heterocycles. The van der Waals surface area contributed by atoms with Crippen LogP contribution in [0, 0.1) is 0 Å². The first-order valence-electron chi connectivity index (χ1n) is 8.34. The number of rotatable bonds is 5. The van der Waals surface area contributed by atoms with Crippen LogP contribution in [-0.4, -0.2) is 33.3 Å². The summed E-state index contributed by atoms with van der Waals surface area (Å²) < 4.78 is 10.4. The summed E-state index contributed by atoms with van der Waals surface area (Å²) in [5.41, 5.74) is 2.52. The molecule has 0 radical (unpaired) electrons. The molecule has 1 heterocycles. The fourth-order valence-corrected chi connectivity index (χ4v) is 2.92. The quantitative estimate of drug-likeness (QED) is 0.864. The van der Waals surface area contributed by atoms with E-state index < -0.39 is 0 Å². The molecule has 0 aliphatic carbocycles. The van der Waals surface area contributed by atoms with Gasteiger partial charge in [-0.2, -0.15) is 0 Å². The van der Waals surface area contributed by atoms with Gasteiger partial charge in [0.15, 0.2) is 0 Å². The minimum absolute atomic E-state index is 0.322. The maximum atomic E-state index is 12.2. The second-order valence-corrected chi connectivity index (χ2v) is 5.89. The van der Waals surface area contributed by atoms with E-state index in [1.165, 1.54) is 18.5 Å². The van der Waals surface area contributed by atoms with Crippen molar-refractivity contribution in [1.82, 2.24) is 0 Å². The molecule has 25 heavy (non-hydrogen) atoms. The molecule has 132 valence electrons. The van der Waals surface area contributed by atoms with Crippen molar-refractivity contribution in [2.75, 3.05) is 42.8 Å². The van der Waals surface area contributed by atoms with Gasteiger partial charge in [-0.15, -0.1) is 0 Å². The number of methoxy groups -OCH3 is 2. The molecule has 0 bridgehead atoms. The topological polar surface area (TPSA) is 62.8 Å². The van der Waals surface area contributed by atoms with E-state index >= 15 is 0 Å². The number of anilines is 3. The highest BCUT2D eigenvalue weighted by Crippen LogP contribution is 2.29. The Hall–Kier alpha value is -2.89. The molecule has 0 spiro atoms. The van der Waals surface area contributed by atoms with Crippen LogP contribution in [0.25, 0.3) is 0 Å². The lowest BCUT2D eigenvalue weighted by Gasteiger charge is -2.18. The van der Waals surface area contributed by atoms with E-state index in [0.717, 1.165) is 18.8 Å². The predicted octanol–water partition coefficient (Wildman–Crippen LogP) is 3.95. The Balaban J connectivity index is 1.62. The smallest absolute Gasteiger partial charge is 0.323 e. The summed E-state index contributed by atoms with van der Waals surface area (Å²) in [6.45, 7) is 2.20. The second-order valence-electron chi connectivity index (χ2n) is 5.89. The first-order valence-corrected chi connectivity index (χ1v) is 8.34. The Labute approximate surface area is 147 Å². The van der Waals surface area contributed by atoms with Crippen LogP contribution in [0.5, 0.6) is 11.5 Å². The van der Waals surface area contributed by atoms with E-state index in [-0.39, 0.29) is 6.03 Å². The number of benzene rings is 2. The van der Waals surface area contributed by atoms with Crippen LogP contribution in [0.15, 0.2) is 42.5 Å². The van der Waals surface area contributed by atoms with E-state index in [1.54, 1.807) is 32.4 Å². The summed E-state index contributed by atoms with van der Waals surface area (Å²) in [6, 6.07) is 12.8. The highest BCUT2D eigenvalue weighted by molar-refractivity contribution is 6.00. The van der Waals surface area contributed by atoms with E-state index in [2.05, 4.69) is 15.5 Å². The number of urea groups is 1. The van der Waals surface area contributed by atoms with E-state index in [0.29, 0.717) is 17.2 Å². The van der Waals surface area contributed by atoms with E-state index in [1.807, 2.05) is 24.3 Å². The normalized spacial score (nSPS) is 13.4. The van der Waals surface area contributed by atoms with Crippen molar-refractivity contribution in [1.29, 1.82) is 0 Å². The van der Waals surface area contributed by atoms with Gasteiger partial charge in [0.1, 0.15) is 11.5 Å². The third-order valence-corrected chi connectivity index (χ3v) is 4.25. The number of hydrogen-bond acceptors (Lipinski definition) is 4. The van der Waals surface area contributed by atoms with Gasteiger partial charge in [-0.25, -0.2) is 4.79 Å². The summed E-state index contributed by atoms with van der Waals surface area (Å²) >= 11 is 0. The van der Waals surface area contributed by atoms with Gasteiger partial charge in [-0.1, -0.05) is 0 Å². The molecule has 0 saturated carbocycles. The maximum absolute atomic E-state index is 12.2. The molecule has 1 aliphatic rings. The van der Waals surface area contributed by atoms with Crippen LogP contribution < -0.4 is 25.0 Å². The zero-order valence-corrected chi connectivity index (χ0v) is 14.5. The first-order chi connectivity index (χ1) is 12.2. The second kappa shape index (κ2) is 7.79. The van der Waals surface area contributed by atoms with Gasteiger partial charge in [0.25, 0.3) is 0 Å². The average Bonchev–Trinajstić information content (AvgIpc) is 3.17. The summed E-state index contributed by atoms with van der Waals surface area (Å²) in [6.07, 6.45) is 2.48. The van der Waals surface area contributed by atoms with Crippen molar-refractivity contribution < 1.29 is 14.3 Å². The van der Waals surface area contributed by atoms with Crippen molar-refractivity contribution >= 4 is 23.1 Å². The lowest BCUT2D eigenvalue weighted by atomic mass is 10.2. The first kappa shape index (κ1) is 17.0. The van der Waals surface area contributed by atoms with Crippen molar-refractivity contribution in [3.05, 3.63) is 42.5 Å². The van der Waals surface area contributed by atoms with Crippen LogP contribution in [0.3, 0.4) is 0 Å². The van der Waals surface area contributed by atoms with Gasteiger partial charge < -0.3 is 25.0 Å². The molecule has 6 nitrogen and oxygen atoms in total. The molecule has 3 rings (SSSR count). The van der Waals surface area contributed by atoms with Crippen molar-refractivity contribution in [3.63, 3.8) is 0 Å². The minimum atomic E-state index is -0.322. The number of hydrogen-bond donors (Lipinski definition) is 2. The standard InChI is InChI=1S/C19H23N3O3/c1-24-16-9-10-17(18(13-16)25-2)21-19(23)20-14-5-7-15(8-6-14)22-11-3-4-12-22/h5-10,13H,3-4,11-12H2,1-2H3,(H2,20,21,23). The van der Waals surface area contributed by atoms with Gasteiger partial charge in [-0.3, -0.25) is 0 Å². The molecule has 0 atom stereocenters. The maximum Gasteiger partial charge on any atom is 0.323 e. The van der Waals surface area contributed by atoms with Crippen LogP contribution in [0.4, 0.5) is 21.9 Å².